The number of aliphatic hydroxyl groups excluding tert-OH is 2. The van der Waals surface area contributed by atoms with E-state index in [9.17, 15) is 10.2 Å². The number of aliphatic hydroxyl groups is 2. The summed E-state index contributed by atoms with van der Waals surface area (Å²) in [7, 11) is 0. The van der Waals surface area contributed by atoms with Gasteiger partial charge in [0.25, 0.3) is 0 Å². The van der Waals surface area contributed by atoms with Gasteiger partial charge in [0, 0.05) is 30.2 Å². The first-order valence-electron chi connectivity index (χ1n) is 12.4. The lowest BCUT2D eigenvalue weighted by atomic mass is 9.68. The maximum Gasteiger partial charge on any atom is 0.202 e. The Kier molecular flexibility index (Phi) is 7.18. The van der Waals surface area contributed by atoms with Gasteiger partial charge >= 0.3 is 0 Å². The van der Waals surface area contributed by atoms with Crippen LogP contribution in [-0.2, 0) is 11.2 Å². The Morgan fingerprint density at radius 2 is 2.00 bits per heavy atom. The number of allylic oxidation sites excluding steroid dienone is 2. The van der Waals surface area contributed by atoms with E-state index in [1.54, 1.807) is 0 Å². The number of hydrogen-bond acceptors (Lipinski definition) is 5. The van der Waals surface area contributed by atoms with Crippen LogP contribution < -0.4 is 9.47 Å². The van der Waals surface area contributed by atoms with Gasteiger partial charge in [0.05, 0.1) is 18.8 Å². The van der Waals surface area contributed by atoms with Crippen LogP contribution in [0.15, 0.2) is 23.8 Å². The summed E-state index contributed by atoms with van der Waals surface area (Å²) in [5.74, 6) is 2.35. The Morgan fingerprint density at radius 1 is 1.19 bits per heavy atom. The second-order valence-electron chi connectivity index (χ2n) is 10.5. The molecule has 4 rings (SSSR count). The molecule has 1 aromatic rings. The molecule has 2 N–H and O–H groups in total. The third-order valence-electron chi connectivity index (χ3n) is 7.39. The minimum absolute atomic E-state index is 0.115. The van der Waals surface area contributed by atoms with Gasteiger partial charge in [0.2, 0.25) is 6.29 Å². The lowest BCUT2D eigenvalue weighted by molar-refractivity contribution is -0.185. The van der Waals surface area contributed by atoms with Crippen molar-refractivity contribution in [2.75, 3.05) is 6.61 Å². The van der Waals surface area contributed by atoms with Crippen molar-refractivity contribution in [3.05, 3.63) is 34.9 Å². The van der Waals surface area contributed by atoms with Crippen molar-refractivity contribution >= 4 is 0 Å². The van der Waals surface area contributed by atoms with Gasteiger partial charge < -0.3 is 24.4 Å². The number of hydrogen-bond donors (Lipinski definition) is 2. The van der Waals surface area contributed by atoms with Crippen LogP contribution >= 0.6 is 0 Å². The van der Waals surface area contributed by atoms with Crippen LogP contribution in [0.2, 0.25) is 0 Å². The third kappa shape index (κ3) is 5.00. The minimum atomic E-state index is -0.576. The van der Waals surface area contributed by atoms with Gasteiger partial charge in [0.15, 0.2) is 0 Å². The highest BCUT2D eigenvalue weighted by molar-refractivity contribution is 5.54. The van der Waals surface area contributed by atoms with Crippen molar-refractivity contribution in [1.82, 2.24) is 0 Å². The van der Waals surface area contributed by atoms with E-state index in [0.717, 1.165) is 42.7 Å². The fraction of sp³-hybridized carbons (Fsp3) is 0.704. The predicted molar refractivity (Wildman–Crippen MR) is 125 cm³/mol. The van der Waals surface area contributed by atoms with Crippen molar-refractivity contribution in [1.29, 1.82) is 0 Å². The smallest absolute Gasteiger partial charge is 0.202 e. The SMILES string of the molecule is CCCCCc1cc(OC2CC(O)CC(CO)O2)c2c(c1)OC(C)(C)C1CCC(C)=CC21. The molecule has 3 aliphatic rings. The monoisotopic (exact) mass is 444 g/mol. The molecule has 0 bridgehead atoms. The topological polar surface area (TPSA) is 68.2 Å². The minimum Gasteiger partial charge on any atom is -0.487 e. The van der Waals surface area contributed by atoms with Gasteiger partial charge in [-0.15, -0.1) is 0 Å². The summed E-state index contributed by atoms with van der Waals surface area (Å²) < 4.78 is 19.0. The van der Waals surface area contributed by atoms with Crippen LogP contribution in [0.4, 0.5) is 0 Å². The van der Waals surface area contributed by atoms with Crippen molar-refractivity contribution < 1.29 is 24.4 Å². The quantitative estimate of drug-likeness (QED) is 0.443. The summed E-state index contributed by atoms with van der Waals surface area (Å²) in [6, 6.07) is 4.37. The number of ether oxygens (including phenoxy) is 3. The Balaban J connectivity index is 1.72. The molecule has 178 valence electrons. The van der Waals surface area contributed by atoms with Crippen molar-refractivity contribution in [3.63, 3.8) is 0 Å². The largest absolute Gasteiger partial charge is 0.487 e. The van der Waals surface area contributed by atoms with Crippen molar-refractivity contribution in [2.45, 2.75) is 109 Å². The molecule has 5 nitrogen and oxygen atoms in total. The fourth-order valence-corrected chi connectivity index (χ4v) is 5.66. The highest BCUT2D eigenvalue weighted by Gasteiger charge is 2.46. The Hall–Kier alpha value is -1.56. The molecule has 1 aromatic carbocycles. The first-order chi connectivity index (χ1) is 15.3. The molecular formula is C27H40O5. The molecule has 0 aromatic heterocycles. The first-order valence-corrected chi connectivity index (χ1v) is 12.4. The molecule has 0 saturated carbocycles. The van der Waals surface area contributed by atoms with E-state index < -0.39 is 18.5 Å². The molecule has 5 atom stereocenters. The fourth-order valence-electron chi connectivity index (χ4n) is 5.66. The van der Waals surface area contributed by atoms with Crippen LogP contribution in [0.5, 0.6) is 11.5 Å². The average Bonchev–Trinajstić information content (AvgIpc) is 2.72. The second kappa shape index (κ2) is 9.74. The molecule has 0 amide bonds. The first kappa shape index (κ1) is 23.6. The lowest BCUT2D eigenvalue weighted by Crippen LogP contribution is -2.45. The molecule has 2 heterocycles. The van der Waals surface area contributed by atoms with E-state index in [1.807, 2.05) is 0 Å². The molecule has 1 fully saturated rings. The standard InChI is InChI=1S/C27H40O5/c1-5-6-7-8-18-12-23(31-25-15-19(29)14-20(16-28)30-25)26-21-11-17(2)9-10-22(21)27(3,4)32-24(26)13-18/h11-13,19-22,25,28-29H,5-10,14-16H2,1-4H3. The van der Waals surface area contributed by atoms with E-state index in [0.29, 0.717) is 18.8 Å². The molecule has 5 unspecified atom stereocenters. The van der Waals surface area contributed by atoms with Crippen LogP contribution in [0.1, 0.15) is 89.7 Å². The average molecular weight is 445 g/mol. The molecule has 1 aliphatic carbocycles. The Morgan fingerprint density at radius 3 is 2.75 bits per heavy atom. The number of rotatable bonds is 7. The van der Waals surface area contributed by atoms with E-state index in [1.165, 1.54) is 24.0 Å². The van der Waals surface area contributed by atoms with Gasteiger partial charge in [-0.2, -0.15) is 0 Å². The number of fused-ring (bicyclic) bond motifs is 3. The molecule has 5 heteroatoms. The summed E-state index contributed by atoms with van der Waals surface area (Å²) in [4.78, 5) is 0. The number of unbranched alkanes of at least 4 members (excludes halogenated alkanes) is 2. The zero-order valence-corrected chi connectivity index (χ0v) is 20.1. The third-order valence-corrected chi connectivity index (χ3v) is 7.39. The molecule has 0 radical (unpaired) electrons. The summed E-state index contributed by atoms with van der Waals surface area (Å²) in [6.45, 7) is 8.73. The Bertz CT molecular complexity index is 830. The molecular weight excluding hydrogens is 404 g/mol. The van der Waals surface area contributed by atoms with Crippen LogP contribution in [0, 0.1) is 5.92 Å². The van der Waals surface area contributed by atoms with Crippen molar-refractivity contribution in [2.24, 2.45) is 5.92 Å². The van der Waals surface area contributed by atoms with Crippen LogP contribution in [-0.4, -0.2) is 40.9 Å². The van der Waals surface area contributed by atoms with Gasteiger partial charge in [-0.05, 0) is 64.2 Å². The normalized spacial score (nSPS) is 31.2. The van der Waals surface area contributed by atoms with E-state index in [4.69, 9.17) is 14.2 Å². The van der Waals surface area contributed by atoms with Gasteiger partial charge in [-0.1, -0.05) is 31.4 Å². The van der Waals surface area contributed by atoms with E-state index >= 15 is 0 Å². The predicted octanol–water partition coefficient (Wildman–Crippen LogP) is 5.27. The maximum atomic E-state index is 10.3. The summed E-state index contributed by atoms with van der Waals surface area (Å²) in [5.41, 5.74) is 3.50. The highest BCUT2D eigenvalue weighted by Crippen LogP contribution is 2.54. The molecule has 0 spiro atoms. The Labute approximate surface area is 192 Å². The van der Waals surface area contributed by atoms with Gasteiger partial charge in [-0.25, -0.2) is 0 Å². The second-order valence-corrected chi connectivity index (χ2v) is 10.5. The lowest BCUT2D eigenvalue weighted by Gasteiger charge is -2.47. The number of benzene rings is 1. The maximum absolute atomic E-state index is 10.3. The highest BCUT2D eigenvalue weighted by atomic mass is 16.7. The van der Waals surface area contributed by atoms with Crippen LogP contribution in [0.3, 0.4) is 0 Å². The molecule has 1 saturated heterocycles. The number of aryl methyl sites for hydroxylation is 1. The van der Waals surface area contributed by atoms with Gasteiger partial charge in [0.1, 0.15) is 17.1 Å². The van der Waals surface area contributed by atoms with E-state index in [2.05, 4.69) is 45.9 Å². The summed E-state index contributed by atoms with van der Waals surface area (Å²) in [6.07, 6.45) is 8.43. The summed E-state index contributed by atoms with van der Waals surface area (Å²) in [5, 5.41) is 19.9. The van der Waals surface area contributed by atoms with Crippen molar-refractivity contribution in [3.8, 4) is 11.5 Å². The van der Waals surface area contributed by atoms with Gasteiger partial charge in [-0.3, -0.25) is 0 Å². The zero-order chi connectivity index (χ0) is 22.9. The van der Waals surface area contributed by atoms with Crippen LogP contribution in [0.25, 0.3) is 0 Å². The molecule has 32 heavy (non-hydrogen) atoms. The summed E-state index contributed by atoms with van der Waals surface area (Å²) >= 11 is 0. The van der Waals surface area contributed by atoms with E-state index in [-0.39, 0.29) is 18.1 Å². The zero-order valence-electron chi connectivity index (χ0n) is 20.1. The molecule has 2 aliphatic heterocycles.